The summed E-state index contributed by atoms with van der Waals surface area (Å²) >= 11 is 0. The number of ether oxygens (including phenoxy) is 1. The lowest BCUT2D eigenvalue weighted by molar-refractivity contribution is -0.122. The van der Waals surface area contributed by atoms with E-state index in [1.165, 1.54) is 12.1 Å². The first kappa shape index (κ1) is 15.8. The van der Waals surface area contributed by atoms with Crippen LogP contribution in [-0.4, -0.2) is 46.3 Å². The highest BCUT2D eigenvalue weighted by Gasteiger charge is 2.16. The molecule has 1 atom stereocenters. The Morgan fingerprint density at radius 2 is 2.10 bits per heavy atom. The highest BCUT2D eigenvalue weighted by atomic mass is 32.2. The van der Waals surface area contributed by atoms with Gasteiger partial charge in [0.25, 0.3) is 0 Å². The van der Waals surface area contributed by atoms with Gasteiger partial charge >= 0.3 is 0 Å². The predicted molar refractivity (Wildman–Crippen MR) is 79.1 cm³/mol. The second-order valence-electron chi connectivity index (χ2n) is 5.10. The summed E-state index contributed by atoms with van der Waals surface area (Å²) in [6.45, 7) is 2.03. The van der Waals surface area contributed by atoms with Gasteiger partial charge in [0, 0.05) is 18.8 Å². The van der Waals surface area contributed by atoms with Crippen molar-refractivity contribution in [2.24, 2.45) is 0 Å². The van der Waals surface area contributed by atoms with Crippen LogP contribution in [0, 0.1) is 0 Å². The van der Waals surface area contributed by atoms with Gasteiger partial charge in [0.15, 0.2) is 9.84 Å². The molecule has 7 heteroatoms. The standard InChI is InChI=1S/C14H20N2O4S/c1-21(18,19)13-4-2-12(3-5-13)20-9-7-14(17)16-11-6-8-15-10-11/h2-5,11,15H,6-10H2,1H3,(H,16,17). The molecule has 1 unspecified atom stereocenters. The molecule has 1 aromatic carbocycles. The molecule has 2 N–H and O–H groups in total. The minimum absolute atomic E-state index is 0.0311. The molecule has 2 rings (SSSR count). The molecule has 0 spiro atoms. The van der Waals surface area contributed by atoms with E-state index in [9.17, 15) is 13.2 Å². The summed E-state index contributed by atoms with van der Waals surface area (Å²) in [6.07, 6.45) is 2.40. The first-order chi connectivity index (χ1) is 9.95. The number of benzene rings is 1. The van der Waals surface area contributed by atoms with Crippen LogP contribution in [0.5, 0.6) is 5.75 Å². The smallest absolute Gasteiger partial charge is 0.223 e. The first-order valence-corrected chi connectivity index (χ1v) is 8.77. The van der Waals surface area contributed by atoms with E-state index >= 15 is 0 Å². The predicted octanol–water partition coefficient (Wildman–Crippen LogP) is 0.337. The summed E-state index contributed by atoms with van der Waals surface area (Å²) in [7, 11) is -3.19. The van der Waals surface area contributed by atoms with Crippen molar-refractivity contribution >= 4 is 15.7 Å². The number of sulfone groups is 1. The van der Waals surface area contributed by atoms with Gasteiger partial charge in [-0.1, -0.05) is 0 Å². The fourth-order valence-corrected chi connectivity index (χ4v) is 2.75. The summed E-state index contributed by atoms with van der Waals surface area (Å²) < 4.78 is 28.1. The third-order valence-electron chi connectivity index (χ3n) is 3.28. The van der Waals surface area contributed by atoms with Crippen LogP contribution in [0.3, 0.4) is 0 Å². The van der Waals surface area contributed by atoms with Crippen LogP contribution >= 0.6 is 0 Å². The van der Waals surface area contributed by atoms with Crippen molar-refractivity contribution in [1.82, 2.24) is 10.6 Å². The summed E-state index contributed by atoms with van der Waals surface area (Å²) in [5.41, 5.74) is 0. The molecule has 1 fully saturated rings. The van der Waals surface area contributed by atoms with Gasteiger partial charge in [0.2, 0.25) is 5.91 Å². The van der Waals surface area contributed by atoms with Gasteiger partial charge in [-0.2, -0.15) is 0 Å². The molecule has 0 aliphatic carbocycles. The van der Waals surface area contributed by atoms with E-state index in [2.05, 4.69) is 10.6 Å². The molecule has 21 heavy (non-hydrogen) atoms. The Morgan fingerprint density at radius 1 is 1.38 bits per heavy atom. The molecule has 1 saturated heterocycles. The van der Waals surface area contributed by atoms with Crippen LogP contribution in [-0.2, 0) is 14.6 Å². The van der Waals surface area contributed by atoms with Crippen LogP contribution in [0.25, 0.3) is 0 Å². The van der Waals surface area contributed by atoms with Crippen molar-refractivity contribution in [1.29, 1.82) is 0 Å². The monoisotopic (exact) mass is 312 g/mol. The van der Waals surface area contributed by atoms with Crippen LogP contribution in [0.1, 0.15) is 12.8 Å². The van der Waals surface area contributed by atoms with Crippen LogP contribution in [0.4, 0.5) is 0 Å². The van der Waals surface area contributed by atoms with E-state index in [0.717, 1.165) is 25.8 Å². The van der Waals surface area contributed by atoms with Crippen molar-refractivity contribution in [3.63, 3.8) is 0 Å². The summed E-state index contributed by atoms with van der Waals surface area (Å²) in [4.78, 5) is 11.9. The fourth-order valence-electron chi connectivity index (χ4n) is 2.12. The molecule has 0 bridgehead atoms. The SMILES string of the molecule is CS(=O)(=O)c1ccc(OCCC(=O)NC2CCNC2)cc1. The Bertz CT molecular complexity index is 577. The Morgan fingerprint density at radius 3 is 2.67 bits per heavy atom. The van der Waals surface area contributed by atoms with Gasteiger partial charge in [-0.15, -0.1) is 0 Å². The Kier molecular flexibility index (Phi) is 5.19. The topological polar surface area (TPSA) is 84.5 Å². The molecule has 1 amide bonds. The maximum absolute atomic E-state index is 11.7. The highest BCUT2D eigenvalue weighted by molar-refractivity contribution is 7.90. The lowest BCUT2D eigenvalue weighted by Crippen LogP contribution is -2.36. The minimum atomic E-state index is -3.19. The number of carbonyl (C=O) groups excluding carboxylic acids is 1. The average Bonchev–Trinajstić information content (AvgIpc) is 2.91. The van der Waals surface area contributed by atoms with Gasteiger partial charge < -0.3 is 15.4 Å². The molecule has 116 valence electrons. The Hall–Kier alpha value is -1.60. The molecule has 1 aliphatic heterocycles. The number of amides is 1. The second-order valence-corrected chi connectivity index (χ2v) is 7.12. The maximum atomic E-state index is 11.7. The van der Waals surface area contributed by atoms with E-state index in [1.807, 2.05) is 0 Å². The molecule has 0 saturated carbocycles. The molecule has 0 radical (unpaired) electrons. The van der Waals surface area contributed by atoms with Gasteiger partial charge in [-0.05, 0) is 37.2 Å². The number of hydrogen-bond acceptors (Lipinski definition) is 5. The molecule has 1 heterocycles. The van der Waals surface area contributed by atoms with E-state index in [4.69, 9.17) is 4.74 Å². The van der Waals surface area contributed by atoms with E-state index in [-0.39, 0.29) is 29.9 Å². The lowest BCUT2D eigenvalue weighted by Gasteiger charge is -2.11. The average molecular weight is 312 g/mol. The lowest BCUT2D eigenvalue weighted by atomic mass is 10.2. The second kappa shape index (κ2) is 6.91. The van der Waals surface area contributed by atoms with Crippen LogP contribution in [0.2, 0.25) is 0 Å². The summed E-state index contributed by atoms with van der Waals surface area (Å²) in [5, 5.41) is 6.12. The van der Waals surface area contributed by atoms with Gasteiger partial charge in [-0.3, -0.25) is 4.79 Å². The minimum Gasteiger partial charge on any atom is -0.493 e. The maximum Gasteiger partial charge on any atom is 0.223 e. The summed E-state index contributed by atoms with van der Waals surface area (Å²) in [5.74, 6) is 0.522. The zero-order valence-electron chi connectivity index (χ0n) is 12.0. The molecule has 6 nitrogen and oxygen atoms in total. The first-order valence-electron chi connectivity index (χ1n) is 6.88. The Balaban J connectivity index is 1.74. The van der Waals surface area contributed by atoms with Crippen molar-refractivity contribution < 1.29 is 17.9 Å². The quantitative estimate of drug-likeness (QED) is 0.791. The Labute approximate surface area is 124 Å². The normalized spacial score (nSPS) is 18.4. The van der Waals surface area contributed by atoms with E-state index in [1.54, 1.807) is 12.1 Å². The van der Waals surface area contributed by atoms with Crippen molar-refractivity contribution in [3.05, 3.63) is 24.3 Å². The third-order valence-corrected chi connectivity index (χ3v) is 4.40. The van der Waals surface area contributed by atoms with Crippen LogP contribution in [0.15, 0.2) is 29.2 Å². The van der Waals surface area contributed by atoms with E-state index < -0.39 is 9.84 Å². The molecular formula is C14H20N2O4S. The number of hydrogen-bond donors (Lipinski definition) is 2. The largest absolute Gasteiger partial charge is 0.493 e. The van der Waals surface area contributed by atoms with Gasteiger partial charge in [-0.25, -0.2) is 8.42 Å². The zero-order chi connectivity index (χ0) is 15.3. The molecular weight excluding hydrogens is 292 g/mol. The van der Waals surface area contributed by atoms with Crippen LogP contribution < -0.4 is 15.4 Å². The molecule has 1 aromatic rings. The fraction of sp³-hybridized carbons (Fsp3) is 0.500. The number of carbonyl (C=O) groups is 1. The highest BCUT2D eigenvalue weighted by Crippen LogP contribution is 2.15. The molecule has 0 aromatic heterocycles. The van der Waals surface area contributed by atoms with Crippen molar-refractivity contribution in [2.75, 3.05) is 26.0 Å². The van der Waals surface area contributed by atoms with Gasteiger partial charge in [0.05, 0.1) is 17.9 Å². The van der Waals surface area contributed by atoms with Crippen molar-refractivity contribution in [2.45, 2.75) is 23.8 Å². The third kappa shape index (κ3) is 5.02. The summed E-state index contributed by atoms with van der Waals surface area (Å²) in [6, 6.07) is 6.39. The van der Waals surface area contributed by atoms with E-state index in [0.29, 0.717) is 5.75 Å². The number of rotatable bonds is 6. The molecule has 1 aliphatic rings. The van der Waals surface area contributed by atoms with Crippen molar-refractivity contribution in [3.8, 4) is 5.75 Å². The van der Waals surface area contributed by atoms with Gasteiger partial charge in [0.1, 0.15) is 5.75 Å². The zero-order valence-corrected chi connectivity index (χ0v) is 12.8. The number of nitrogens with one attached hydrogen (secondary N) is 2.